The van der Waals surface area contributed by atoms with Gasteiger partial charge in [-0.25, -0.2) is 14.8 Å². The van der Waals surface area contributed by atoms with Crippen LogP contribution in [0, 0.1) is 5.92 Å². The van der Waals surface area contributed by atoms with E-state index in [2.05, 4.69) is 15.0 Å². The fourth-order valence-corrected chi connectivity index (χ4v) is 3.61. The Morgan fingerprint density at radius 3 is 2.72 bits per heavy atom. The van der Waals surface area contributed by atoms with Crippen LogP contribution < -0.4 is 5.73 Å². The van der Waals surface area contributed by atoms with Crippen LogP contribution in [-0.2, 0) is 25.3 Å². The number of nitrogens with zero attached hydrogens (tertiary/aromatic N) is 4. The Kier molecular flexibility index (Phi) is 5.81. The lowest BCUT2D eigenvalue weighted by Crippen LogP contribution is -2.33. The Labute approximate surface area is 166 Å². The van der Waals surface area contributed by atoms with Gasteiger partial charge in [-0.05, 0) is 26.2 Å². The number of nitrogen functional groups attached to an aromatic ring is 1. The summed E-state index contributed by atoms with van der Waals surface area (Å²) in [6.45, 7) is 4.76. The number of ether oxygens (including phenoxy) is 3. The molecule has 0 aliphatic heterocycles. The van der Waals surface area contributed by atoms with Gasteiger partial charge in [-0.15, -0.1) is 0 Å². The Bertz CT molecular complexity index is 945. The maximum absolute atomic E-state index is 11.9. The quantitative estimate of drug-likeness (QED) is 0.407. The summed E-state index contributed by atoms with van der Waals surface area (Å²) in [6, 6.07) is 0. The van der Waals surface area contributed by atoms with E-state index in [9.17, 15) is 19.1 Å². The van der Waals surface area contributed by atoms with Gasteiger partial charge in [0.05, 0.1) is 30.8 Å². The number of nitrogens with two attached hydrogens (primary N) is 1. The van der Waals surface area contributed by atoms with Crippen molar-refractivity contribution in [3.63, 3.8) is 0 Å². The third-order valence-electron chi connectivity index (χ3n) is 4.63. The normalized spacial score (nSPS) is 22.6. The molecule has 29 heavy (non-hydrogen) atoms. The molecule has 1 aliphatic rings. The second-order valence-corrected chi connectivity index (χ2v) is 9.12. The summed E-state index contributed by atoms with van der Waals surface area (Å²) in [5, 5.41) is 0. The highest BCUT2D eigenvalue weighted by Crippen LogP contribution is 2.54. The number of hydrogen-bond acceptors (Lipinski definition) is 9. The average molecular weight is 429 g/mol. The highest BCUT2D eigenvalue weighted by Gasteiger charge is 2.56. The molecule has 2 aromatic rings. The highest BCUT2D eigenvalue weighted by molar-refractivity contribution is 7.52. The molecule has 13 heteroatoms. The van der Waals surface area contributed by atoms with Crippen molar-refractivity contribution in [3.05, 3.63) is 12.5 Å². The summed E-state index contributed by atoms with van der Waals surface area (Å²) in [5.41, 5.74) is 5.80. The minimum Gasteiger partial charge on any atom is -0.432 e. The number of anilines is 1. The molecule has 0 spiro atoms. The lowest BCUT2D eigenvalue weighted by atomic mass is 10.2. The van der Waals surface area contributed by atoms with Crippen molar-refractivity contribution in [2.75, 3.05) is 12.3 Å². The Morgan fingerprint density at radius 1 is 1.45 bits per heavy atom. The van der Waals surface area contributed by atoms with E-state index in [1.807, 2.05) is 6.92 Å². The molecule has 2 heterocycles. The molecule has 0 radical (unpaired) electrons. The van der Waals surface area contributed by atoms with Crippen LogP contribution in [0.5, 0.6) is 0 Å². The first-order valence-electron chi connectivity index (χ1n) is 9.00. The fraction of sp³-hybridized carbons (Fsp3) is 0.625. The third kappa shape index (κ3) is 5.02. The van der Waals surface area contributed by atoms with Gasteiger partial charge in [0, 0.05) is 0 Å². The van der Waals surface area contributed by atoms with Gasteiger partial charge in [-0.1, -0.05) is 6.92 Å². The molecule has 0 bridgehead atoms. The summed E-state index contributed by atoms with van der Waals surface area (Å²) in [7, 11) is -4.72. The molecule has 1 saturated carbocycles. The number of carbonyl (C=O) groups is 1. The molecule has 1 fully saturated rings. The van der Waals surface area contributed by atoms with Crippen LogP contribution in [0.1, 0.15) is 27.2 Å². The standard InChI is InChI=1S/C16H24N5O7P/c1-9(2)27-15(22)26-6-12(29(23,24)25)28-16(4-10(16)3)7-21-8-19-11-5-18-14(17)20-13(11)21/h5,8-10,12H,4,6-7H2,1-3H3,(H2,17,18,20)(H2,23,24,25). The van der Waals surface area contributed by atoms with Crippen molar-refractivity contribution >= 4 is 30.9 Å². The zero-order chi connectivity index (χ0) is 21.4. The second-order valence-electron chi connectivity index (χ2n) is 7.37. The molecule has 0 amide bonds. The number of rotatable bonds is 8. The van der Waals surface area contributed by atoms with Crippen LogP contribution >= 0.6 is 7.60 Å². The van der Waals surface area contributed by atoms with Gasteiger partial charge in [-0.3, -0.25) is 4.57 Å². The second kappa shape index (κ2) is 7.86. The number of hydrogen-bond donors (Lipinski definition) is 3. The maximum Gasteiger partial charge on any atom is 0.508 e. The molecule has 4 N–H and O–H groups in total. The Balaban J connectivity index is 1.75. The Morgan fingerprint density at radius 2 is 2.14 bits per heavy atom. The molecule has 1 aliphatic carbocycles. The summed E-state index contributed by atoms with van der Waals surface area (Å²) in [5.74, 6) is -1.53. The predicted octanol–water partition coefficient (Wildman–Crippen LogP) is 1.27. The lowest BCUT2D eigenvalue weighted by molar-refractivity contribution is -0.0544. The number of aromatic nitrogens is 4. The maximum atomic E-state index is 11.9. The van der Waals surface area contributed by atoms with Crippen molar-refractivity contribution in [1.82, 2.24) is 19.5 Å². The third-order valence-corrected chi connectivity index (χ3v) is 5.63. The molecule has 12 nitrogen and oxygen atoms in total. The lowest BCUT2D eigenvalue weighted by Gasteiger charge is -2.26. The first-order chi connectivity index (χ1) is 13.5. The zero-order valence-electron chi connectivity index (χ0n) is 16.3. The zero-order valence-corrected chi connectivity index (χ0v) is 17.2. The molecule has 0 aromatic carbocycles. The van der Waals surface area contributed by atoms with Crippen LogP contribution in [0.4, 0.5) is 10.7 Å². The van der Waals surface area contributed by atoms with E-state index < -0.39 is 37.9 Å². The van der Waals surface area contributed by atoms with E-state index in [-0.39, 0.29) is 18.4 Å². The highest BCUT2D eigenvalue weighted by atomic mass is 31.2. The monoisotopic (exact) mass is 429 g/mol. The smallest absolute Gasteiger partial charge is 0.432 e. The number of carbonyl (C=O) groups excluding carboxylic acids is 1. The van der Waals surface area contributed by atoms with Gasteiger partial charge in [0.15, 0.2) is 11.5 Å². The van der Waals surface area contributed by atoms with Crippen LogP contribution in [0.2, 0.25) is 0 Å². The van der Waals surface area contributed by atoms with Crippen molar-refractivity contribution in [1.29, 1.82) is 0 Å². The van der Waals surface area contributed by atoms with Crippen molar-refractivity contribution in [3.8, 4) is 0 Å². The van der Waals surface area contributed by atoms with Gasteiger partial charge >= 0.3 is 13.8 Å². The van der Waals surface area contributed by atoms with Crippen LogP contribution in [-0.4, -0.2) is 59.6 Å². The van der Waals surface area contributed by atoms with Crippen LogP contribution in [0.15, 0.2) is 12.5 Å². The fourth-order valence-electron chi connectivity index (χ4n) is 2.99. The topological polar surface area (TPSA) is 172 Å². The van der Waals surface area contributed by atoms with Gasteiger partial charge in [0.1, 0.15) is 12.1 Å². The first-order valence-corrected chi connectivity index (χ1v) is 10.7. The molecular formula is C16H24N5O7P. The van der Waals surface area contributed by atoms with Crippen molar-refractivity contribution in [2.45, 2.75) is 51.3 Å². The van der Waals surface area contributed by atoms with E-state index in [0.717, 1.165) is 0 Å². The Hall–Kier alpha value is -2.27. The summed E-state index contributed by atoms with van der Waals surface area (Å²) in [4.78, 5) is 43.2. The molecule has 0 saturated heterocycles. The molecule has 3 unspecified atom stereocenters. The van der Waals surface area contributed by atoms with E-state index >= 15 is 0 Å². The van der Waals surface area contributed by atoms with Gasteiger partial charge < -0.3 is 34.3 Å². The number of imidazole rings is 1. The molecule has 3 rings (SSSR count). The van der Waals surface area contributed by atoms with Gasteiger partial charge in [-0.2, -0.15) is 4.98 Å². The first kappa shape index (κ1) is 21.4. The predicted molar refractivity (Wildman–Crippen MR) is 101 cm³/mol. The van der Waals surface area contributed by atoms with E-state index in [1.165, 1.54) is 12.5 Å². The molecular weight excluding hydrogens is 405 g/mol. The minimum absolute atomic E-state index is 0.01000. The van der Waals surface area contributed by atoms with E-state index in [4.69, 9.17) is 19.9 Å². The SMILES string of the molecule is CC(C)OC(=O)OCC(OC1(Cn2cnc3cnc(N)nc32)CC1C)P(=O)(O)O. The molecule has 160 valence electrons. The molecule has 3 atom stereocenters. The van der Waals surface area contributed by atoms with E-state index in [1.54, 1.807) is 18.4 Å². The summed E-state index contributed by atoms with van der Waals surface area (Å²) < 4.78 is 29.1. The average Bonchev–Trinajstić information content (AvgIpc) is 3.04. The largest absolute Gasteiger partial charge is 0.508 e. The van der Waals surface area contributed by atoms with E-state index in [0.29, 0.717) is 17.6 Å². The van der Waals surface area contributed by atoms with Gasteiger partial charge in [0.2, 0.25) is 5.95 Å². The van der Waals surface area contributed by atoms with Crippen molar-refractivity contribution < 1.29 is 33.4 Å². The summed E-state index contributed by atoms with van der Waals surface area (Å²) >= 11 is 0. The summed E-state index contributed by atoms with van der Waals surface area (Å²) in [6.07, 6.45) is 2.14. The van der Waals surface area contributed by atoms with Crippen LogP contribution in [0.25, 0.3) is 11.2 Å². The number of fused-ring (bicyclic) bond motifs is 1. The van der Waals surface area contributed by atoms with Crippen molar-refractivity contribution in [2.24, 2.45) is 5.92 Å². The van der Waals surface area contributed by atoms with Gasteiger partial charge in [0.25, 0.3) is 0 Å². The van der Waals surface area contributed by atoms with Crippen LogP contribution in [0.3, 0.4) is 0 Å². The minimum atomic E-state index is -4.72. The molecule has 2 aromatic heterocycles.